The van der Waals surface area contributed by atoms with E-state index in [0.29, 0.717) is 24.5 Å². The second-order valence-electron chi connectivity index (χ2n) is 5.37. The van der Waals surface area contributed by atoms with Crippen molar-refractivity contribution in [1.82, 2.24) is 9.88 Å². The molecule has 1 saturated heterocycles. The van der Waals surface area contributed by atoms with Gasteiger partial charge in [-0.25, -0.2) is 0 Å². The topological polar surface area (TPSA) is 79.7 Å². The van der Waals surface area contributed by atoms with Gasteiger partial charge in [-0.3, -0.25) is 14.6 Å². The number of aromatic nitrogens is 1. The summed E-state index contributed by atoms with van der Waals surface area (Å²) < 4.78 is 5.69. The predicted octanol–water partition coefficient (Wildman–Crippen LogP) is 2.42. The lowest BCUT2D eigenvalue weighted by molar-refractivity contribution is -0.141. The van der Waals surface area contributed by atoms with Crippen LogP contribution in [0.25, 0.3) is 0 Å². The molecule has 118 valence electrons. The Morgan fingerprint density at radius 2 is 1.96 bits per heavy atom. The quantitative estimate of drug-likeness (QED) is 0.938. The Kier molecular flexibility index (Phi) is 4.23. The third-order valence-electron chi connectivity index (χ3n) is 3.75. The molecule has 2 heterocycles. The van der Waals surface area contributed by atoms with Crippen LogP contribution in [0.3, 0.4) is 0 Å². The number of nitrogens with zero attached hydrogens (tertiary/aromatic N) is 2. The van der Waals surface area contributed by atoms with E-state index in [1.165, 1.54) is 11.1 Å². The number of carboxylic acid groups (broad SMARTS) is 1. The van der Waals surface area contributed by atoms with Gasteiger partial charge in [0, 0.05) is 25.4 Å². The number of pyridine rings is 1. The van der Waals surface area contributed by atoms with Crippen molar-refractivity contribution in [3.05, 3.63) is 54.4 Å². The lowest BCUT2D eigenvalue weighted by atomic mass is 10.1. The molecule has 0 radical (unpaired) electrons. The van der Waals surface area contributed by atoms with Gasteiger partial charge in [0.05, 0.1) is 5.92 Å². The van der Waals surface area contributed by atoms with Crippen LogP contribution >= 0.6 is 0 Å². The van der Waals surface area contributed by atoms with Crippen LogP contribution in [0.1, 0.15) is 16.9 Å². The first-order valence-corrected chi connectivity index (χ1v) is 7.34. The van der Waals surface area contributed by atoms with Crippen LogP contribution in [0.5, 0.6) is 11.5 Å². The molecule has 1 atom stereocenters. The summed E-state index contributed by atoms with van der Waals surface area (Å²) >= 11 is 0. The van der Waals surface area contributed by atoms with Crippen LogP contribution in [-0.2, 0) is 4.79 Å². The van der Waals surface area contributed by atoms with Crippen molar-refractivity contribution in [3.63, 3.8) is 0 Å². The summed E-state index contributed by atoms with van der Waals surface area (Å²) in [7, 11) is 0. The summed E-state index contributed by atoms with van der Waals surface area (Å²) in [6.07, 6.45) is 1.98. The zero-order valence-electron chi connectivity index (χ0n) is 12.4. The summed E-state index contributed by atoms with van der Waals surface area (Å²) in [5, 5.41) is 9.02. The fraction of sp³-hybridized carbons (Fsp3) is 0.235. The van der Waals surface area contributed by atoms with Gasteiger partial charge in [-0.1, -0.05) is 18.2 Å². The molecule has 6 heteroatoms. The third-order valence-corrected chi connectivity index (χ3v) is 3.75. The van der Waals surface area contributed by atoms with E-state index < -0.39 is 11.9 Å². The number of likely N-dealkylation sites (tertiary alicyclic amines) is 1. The minimum absolute atomic E-state index is 0.222. The molecule has 3 rings (SSSR count). The molecule has 1 N–H and O–H groups in total. The van der Waals surface area contributed by atoms with Crippen molar-refractivity contribution >= 4 is 11.9 Å². The van der Waals surface area contributed by atoms with Gasteiger partial charge < -0.3 is 14.7 Å². The molecule has 0 saturated carbocycles. The van der Waals surface area contributed by atoms with Gasteiger partial charge in [-0.15, -0.1) is 0 Å². The lowest BCUT2D eigenvalue weighted by Crippen LogP contribution is -2.30. The number of para-hydroxylation sites is 1. The maximum atomic E-state index is 12.4. The molecular formula is C17H16N2O4. The van der Waals surface area contributed by atoms with E-state index in [9.17, 15) is 9.59 Å². The number of amides is 1. The molecule has 1 fully saturated rings. The van der Waals surface area contributed by atoms with Crippen molar-refractivity contribution in [2.24, 2.45) is 5.92 Å². The highest BCUT2D eigenvalue weighted by Gasteiger charge is 2.31. The third kappa shape index (κ3) is 3.48. The molecular weight excluding hydrogens is 296 g/mol. The minimum Gasteiger partial charge on any atom is -0.481 e. The first kappa shape index (κ1) is 15.0. The largest absolute Gasteiger partial charge is 0.481 e. The predicted molar refractivity (Wildman–Crippen MR) is 82.4 cm³/mol. The Hall–Kier alpha value is -2.89. The Balaban J connectivity index is 1.72. The van der Waals surface area contributed by atoms with Crippen LogP contribution in [0.15, 0.2) is 48.7 Å². The molecule has 1 aromatic carbocycles. The normalized spacial score (nSPS) is 17.0. The Morgan fingerprint density at radius 3 is 2.65 bits per heavy atom. The van der Waals surface area contributed by atoms with Crippen molar-refractivity contribution in [1.29, 1.82) is 0 Å². The maximum absolute atomic E-state index is 12.4. The molecule has 0 spiro atoms. The Morgan fingerprint density at radius 1 is 1.17 bits per heavy atom. The van der Waals surface area contributed by atoms with Crippen LogP contribution in [-0.4, -0.2) is 40.0 Å². The van der Waals surface area contributed by atoms with Crippen molar-refractivity contribution in [2.45, 2.75) is 6.42 Å². The SMILES string of the molecule is O=C(O)[C@H]1CCN(C(=O)c2cc(Oc3ccccc3)ccn2)C1. The summed E-state index contributed by atoms with van der Waals surface area (Å²) in [5.74, 6) is -0.447. The number of carbonyl (C=O) groups excluding carboxylic acids is 1. The first-order chi connectivity index (χ1) is 11.1. The van der Waals surface area contributed by atoms with Gasteiger partial charge in [0.1, 0.15) is 17.2 Å². The number of ether oxygens (including phenoxy) is 1. The van der Waals surface area contributed by atoms with Crippen LogP contribution < -0.4 is 4.74 Å². The fourth-order valence-corrected chi connectivity index (χ4v) is 2.52. The van der Waals surface area contributed by atoms with E-state index in [-0.39, 0.29) is 18.1 Å². The maximum Gasteiger partial charge on any atom is 0.308 e. The molecule has 1 aromatic heterocycles. The monoisotopic (exact) mass is 312 g/mol. The molecule has 1 aliphatic rings. The summed E-state index contributed by atoms with van der Waals surface area (Å²) in [4.78, 5) is 29.0. The highest BCUT2D eigenvalue weighted by molar-refractivity contribution is 5.93. The zero-order valence-corrected chi connectivity index (χ0v) is 12.4. The van der Waals surface area contributed by atoms with E-state index in [4.69, 9.17) is 9.84 Å². The Labute approximate surface area is 133 Å². The fourth-order valence-electron chi connectivity index (χ4n) is 2.52. The minimum atomic E-state index is -0.866. The molecule has 2 aromatic rings. The lowest BCUT2D eigenvalue weighted by Gasteiger charge is -2.15. The van der Waals surface area contributed by atoms with E-state index in [1.807, 2.05) is 30.3 Å². The molecule has 0 unspecified atom stereocenters. The highest BCUT2D eigenvalue weighted by Crippen LogP contribution is 2.23. The average Bonchev–Trinajstić information content (AvgIpc) is 3.06. The van der Waals surface area contributed by atoms with E-state index >= 15 is 0 Å². The number of carbonyl (C=O) groups is 2. The van der Waals surface area contributed by atoms with Gasteiger partial charge in [-0.2, -0.15) is 0 Å². The van der Waals surface area contributed by atoms with Crippen molar-refractivity contribution in [3.8, 4) is 11.5 Å². The molecule has 23 heavy (non-hydrogen) atoms. The average molecular weight is 312 g/mol. The van der Waals surface area contributed by atoms with Crippen LogP contribution in [0.4, 0.5) is 0 Å². The van der Waals surface area contributed by atoms with Gasteiger partial charge in [0.2, 0.25) is 0 Å². The first-order valence-electron chi connectivity index (χ1n) is 7.34. The number of hydrogen-bond donors (Lipinski definition) is 1. The summed E-state index contributed by atoms with van der Waals surface area (Å²) in [6.45, 7) is 0.654. The molecule has 0 bridgehead atoms. The molecule has 0 aliphatic carbocycles. The molecule has 1 amide bonds. The Bertz CT molecular complexity index is 718. The number of benzene rings is 1. The van der Waals surface area contributed by atoms with E-state index in [1.54, 1.807) is 12.1 Å². The highest BCUT2D eigenvalue weighted by atomic mass is 16.5. The second-order valence-corrected chi connectivity index (χ2v) is 5.37. The molecule has 1 aliphatic heterocycles. The number of carboxylic acids is 1. The summed E-state index contributed by atoms with van der Waals surface area (Å²) in [6, 6.07) is 12.5. The molecule has 6 nitrogen and oxygen atoms in total. The second kappa shape index (κ2) is 6.48. The zero-order chi connectivity index (χ0) is 16.2. The number of aliphatic carboxylic acids is 1. The number of hydrogen-bond acceptors (Lipinski definition) is 4. The summed E-state index contributed by atoms with van der Waals surface area (Å²) in [5.41, 5.74) is 0.254. The van der Waals surface area contributed by atoms with Gasteiger partial charge in [0.15, 0.2) is 0 Å². The van der Waals surface area contributed by atoms with Gasteiger partial charge in [0.25, 0.3) is 5.91 Å². The van der Waals surface area contributed by atoms with Crippen LogP contribution in [0.2, 0.25) is 0 Å². The number of rotatable bonds is 4. The standard InChI is InChI=1S/C17H16N2O4/c20-16(19-9-7-12(11-19)17(21)22)15-10-14(6-8-18-15)23-13-4-2-1-3-5-13/h1-6,8,10,12H,7,9,11H2,(H,21,22)/t12-/m0/s1. The van der Waals surface area contributed by atoms with Crippen molar-refractivity contribution < 1.29 is 19.4 Å². The van der Waals surface area contributed by atoms with Gasteiger partial charge in [-0.05, 0) is 24.6 Å². The van der Waals surface area contributed by atoms with Crippen molar-refractivity contribution in [2.75, 3.05) is 13.1 Å². The van der Waals surface area contributed by atoms with Crippen LogP contribution in [0, 0.1) is 5.92 Å². The van der Waals surface area contributed by atoms with E-state index in [2.05, 4.69) is 4.98 Å². The smallest absolute Gasteiger partial charge is 0.308 e. The van der Waals surface area contributed by atoms with Gasteiger partial charge >= 0.3 is 5.97 Å². The van der Waals surface area contributed by atoms with E-state index in [0.717, 1.165) is 0 Å².